The van der Waals surface area contributed by atoms with Crippen LogP contribution in [0.3, 0.4) is 0 Å². The molecular formula is C61H37N9. The van der Waals surface area contributed by atoms with Crippen LogP contribution in [0, 0.1) is 0 Å². The predicted octanol–water partition coefficient (Wildman–Crippen LogP) is 12.9. The van der Waals surface area contributed by atoms with E-state index < -0.39 is 0 Å². The van der Waals surface area contributed by atoms with E-state index >= 15 is 0 Å². The highest BCUT2D eigenvalue weighted by molar-refractivity contribution is 6.27. The summed E-state index contributed by atoms with van der Waals surface area (Å²) in [7, 11) is 0. The number of fused-ring (bicyclic) bond motifs is 7. The van der Waals surface area contributed by atoms with Crippen LogP contribution in [0.1, 0.15) is 11.1 Å². The number of pyridine rings is 3. The fourth-order valence-corrected chi connectivity index (χ4v) is 10.4. The van der Waals surface area contributed by atoms with Gasteiger partial charge >= 0.3 is 0 Å². The minimum Gasteiger partial charge on any atom is -0.276 e. The molecule has 70 heavy (non-hydrogen) atoms. The molecule has 0 radical (unpaired) electrons. The van der Waals surface area contributed by atoms with Crippen molar-refractivity contribution >= 4 is 60.5 Å². The molecule has 326 valence electrons. The van der Waals surface area contributed by atoms with Gasteiger partial charge in [0, 0.05) is 82.3 Å². The molecule has 9 heteroatoms. The Bertz CT molecular complexity index is 4260. The second-order valence-electron chi connectivity index (χ2n) is 17.4. The first kappa shape index (κ1) is 39.4. The van der Waals surface area contributed by atoms with Gasteiger partial charge in [0.1, 0.15) is 16.5 Å². The van der Waals surface area contributed by atoms with Gasteiger partial charge in [0.15, 0.2) is 11.3 Å². The van der Waals surface area contributed by atoms with Gasteiger partial charge in [0.05, 0.1) is 22.9 Å². The number of rotatable bonds is 7. The highest BCUT2D eigenvalue weighted by atomic mass is 15.1. The fraction of sp³-hybridized carbons (Fsp3) is 0. The third-order valence-electron chi connectivity index (χ3n) is 13.6. The van der Waals surface area contributed by atoms with E-state index in [2.05, 4.69) is 181 Å². The molecule has 14 rings (SSSR count). The Hall–Kier alpha value is -9.73. The van der Waals surface area contributed by atoms with Gasteiger partial charge in [-0.25, -0.2) is 15.0 Å². The van der Waals surface area contributed by atoms with Gasteiger partial charge in [0.25, 0.3) is 0 Å². The molecule has 6 aromatic carbocycles. The maximum Gasteiger partial charge on any atom is 0.165 e. The summed E-state index contributed by atoms with van der Waals surface area (Å²) in [6.45, 7) is 0. The molecule has 8 aromatic heterocycles. The second-order valence-corrected chi connectivity index (χ2v) is 17.4. The Balaban J connectivity index is 1.26. The highest BCUT2D eigenvalue weighted by Gasteiger charge is 2.27. The molecule has 14 aromatic rings. The van der Waals surface area contributed by atoms with E-state index in [4.69, 9.17) is 19.9 Å². The molecule has 0 atom stereocenters. The van der Waals surface area contributed by atoms with E-state index in [1.165, 1.54) is 0 Å². The van der Waals surface area contributed by atoms with Gasteiger partial charge in [-0.3, -0.25) is 28.7 Å². The Kier molecular flexibility index (Phi) is 9.00. The van der Waals surface area contributed by atoms with Crippen molar-refractivity contribution in [2.24, 2.45) is 0 Å². The summed E-state index contributed by atoms with van der Waals surface area (Å²) in [4.78, 5) is 34.6. The molecule has 0 aliphatic carbocycles. The van der Waals surface area contributed by atoms with Crippen LogP contribution in [0.4, 0.5) is 0 Å². The number of aromatic nitrogens is 9. The van der Waals surface area contributed by atoms with Crippen LogP contribution in [0.2, 0.25) is 0 Å². The van der Waals surface area contributed by atoms with Crippen LogP contribution in [-0.2, 0) is 0 Å². The summed E-state index contributed by atoms with van der Waals surface area (Å²) in [5.41, 5.74) is 19.1. The quantitative estimate of drug-likeness (QED) is 0.157. The molecule has 0 amide bonds. The summed E-state index contributed by atoms with van der Waals surface area (Å²) in [5, 5.41) is 4.03. The van der Waals surface area contributed by atoms with Crippen LogP contribution in [0.5, 0.6) is 0 Å². The highest BCUT2D eigenvalue weighted by Crippen LogP contribution is 2.44. The van der Waals surface area contributed by atoms with Gasteiger partial charge < -0.3 is 0 Å². The third kappa shape index (κ3) is 6.15. The fourth-order valence-electron chi connectivity index (χ4n) is 10.4. The van der Waals surface area contributed by atoms with Gasteiger partial charge in [-0.1, -0.05) is 133 Å². The maximum atomic E-state index is 5.57. The molecule has 9 nitrogen and oxygen atoms in total. The lowest BCUT2D eigenvalue weighted by Crippen LogP contribution is -2.25. The van der Waals surface area contributed by atoms with Crippen LogP contribution < -0.4 is 5.48 Å². The molecule has 0 saturated heterocycles. The molecule has 8 heterocycles. The second kappa shape index (κ2) is 16.0. The molecule has 0 aliphatic rings. The molecule has 0 aliphatic heterocycles. The van der Waals surface area contributed by atoms with Crippen molar-refractivity contribution in [1.29, 1.82) is 0 Å². The first-order chi connectivity index (χ1) is 34.8. The zero-order chi connectivity index (χ0) is 46.1. The zero-order valence-corrected chi connectivity index (χ0v) is 37.4. The monoisotopic (exact) mass is 895 g/mol. The van der Waals surface area contributed by atoms with Crippen LogP contribution >= 0.6 is 0 Å². The van der Waals surface area contributed by atoms with Crippen molar-refractivity contribution in [3.8, 4) is 55.8 Å². The summed E-state index contributed by atoms with van der Waals surface area (Å²) in [6.07, 6.45) is 16.4. The largest absolute Gasteiger partial charge is 0.276 e. The Morgan fingerprint density at radius 1 is 0.343 bits per heavy atom. The smallest absolute Gasteiger partial charge is 0.165 e. The summed E-state index contributed by atoms with van der Waals surface area (Å²) in [6, 6.07) is 60.1. The minimum absolute atomic E-state index is 0.700. The van der Waals surface area contributed by atoms with Crippen molar-refractivity contribution in [3.63, 3.8) is 0 Å². The average Bonchev–Trinajstić information content (AvgIpc) is 3.93. The van der Waals surface area contributed by atoms with E-state index in [0.29, 0.717) is 11.3 Å². The van der Waals surface area contributed by atoms with Crippen molar-refractivity contribution < 1.29 is 0 Å². The van der Waals surface area contributed by atoms with Gasteiger partial charge in [-0.15, -0.1) is 0 Å². The Morgan fingerprint density at radius 2 is 0.786 bits per heavy atom. The van der Waals surface area contributed by atoms with Crippen molar-refractivity contribution in [2.45, 2.75) is 0 Å². The van der Waals surface area contributed by atoms with E-state index in [1.807, 2.05) is 43.1 Å². The first-order valence-electron chi connectivity index (χ1n) is 23.2. The lowest BCUT2D eigenvalue weighted by atomic mass is 9.94. The Labute approximate surface area is 400 Å². The maximum absolute atomic E-state index is 5.57. The molecule has 0 bridgehead atoms. The predicted molar refractivity (Wildman–Crippen MR) is 280 cm³/mol. The first-order valence-corrected chi connectivity index (χ1v) is 23.2. The van der Waals surface area contributed by atoms with Crippen molar-refractivity contribution in [2.75, 3.05) is 0 Å². The number of hydrogen-bond donors (Lipinski definition) is 0. The number of benzene rings is 6. The van der Waals surface area contributed by atoms with Gasteiger partial charge in [-0.05, 0) is 92.0 Å². The van der Waals surface area contributed by atoms with Crippen molar-refractivity contribution in [1.82, 2.24) is 43.7 Å². The van der Waals surface area contributed by atoms with E-state index in [0.717, 1.165) is 122 Å². The summed E-state index contributed by atoms with van der Waals surface area (Å²) in [5.74, 6) is 0. The standard InChI is InChI=1S/C61H37N9/c1-3-7-38(8-4-1)40-11-15-45(16-12-40)52(46-17-13-41(14-18-46)39-9-5-2-6-10-39)61-69-57-49(21-19-47(42-23-29-62-30-24-42)53(57)55-59(69)66-36-35-65-55)50-22-20-48(43-25-31-63-32-26-43)54-56-60(70(61)58(50)54)67-37-51(68-56)44-27-33-64-34-28-44/h1-37H. The summed E-state index contributed by atoms with van der Waals surface area (Å²) >= 11 is 0. The average molecular weight is 896 g/mol. The zero-order valence-electron chi connectivity index (χ0n) is 37.4. The van der Waals surface area contributed by atoms with Gasteiger partial charge in [-0.2, -0.15) is 0 Å². The summed E-state index contributed by atoms with van der Waals surface area (Å²) < 4.78 is 4.69. The third-order valence-corrected chi connectivity index (χ3v) is 13.6. The van der Waals surface area contributed by atoms with Gasteiger partial charge in [0.2, 0.25) is 0 Å². The topological polar surface area (TPSA) is 99.0 Å². The van der Waals surface area contributed by atoms with E-state index in [9.17, 15) is 0 Å². The minimum atomic E-state index is 0.700. The molecule has 0 unspecified atom stereocenters. The molecular weight excluding hydrogens is 859 g/mol. The Morgan fingerprint density at radius 3 is 1.30 bits per heavy atom. The van der Waals surface area contributed by atoms with Crippen LogP contribution in [0.15, 0.2) is 226 Å². The lowest BCUT2D eigenvalue weighted by molar-refractivity contribution is 0.998. The van der Waals surface area contributed by atoms with Crippen LogP contribution in [-0.4, -0.2) is 43.7 Å². The number of hydrogen-bond acceptors (Lipinski definition) is 7. The van der Waals surface area contributed by atoms with E-state index in [1.54, 1.807) is 24.8 Å². The lowest BCUT2D eigenvalue weighted by Gasteiger charge is -2.13. The van der Waals surface area contributed by atoms with E-state index in [-0.39, 0.29) is 0 Å². The SMILES string of the molecule is c1ccc(-c2ccc(C(c3ccc(-c4ccccc4)cc3)=c3n4c5nccnc5c5c(-c6ccncc6)ccc(c6ccc(-c7ccncc7)c7c8nc(-c9ccncc9)cnc8n3c67)c54)cc2)cc1. The number of nitrogens with zero attached hydrogens (tertiary/aromatic N) is 9. The molecule has 0 spiro atoms. The van der Waals surface area contributed by atoms with Crippen LogP contribution in [0.25, 0.3) is 116 Å². The van der Waals surface area contributed by atoms with Crippen molar-refractivity contribution in [3.05, 3.63) is 242 Å². The molecule has 0 N–H and O–H groups in total. The molecule has 0 fully saturated rings. The normalized spacial score (nSPS) is 11.7. The molecule has 0 saturated carbocycles.